The summed E-state index contributed by atoms with van der Waals surface area (Å²) in [7, 11) is 3.01. The third-order valence-corrected chi connectivity index (χ3v) is 6.79. The zero-order valence-electron chi connectivity index (χ0n) is 21.1. The van der Waals surface area contributed by atoms with Crippen LogP contribution in [0.3, 0.4) is 0 Å². The summed E-state index contributed by atoms with van der Waals surface area (Å²) in [4.78, 5) is 20.6. The van der Waals surface area contributed by atoms with E-state index in [2.05, 4.69) is 4.98 Å². The Kier molecular flexibility index (Phi) is 10.2. The zero-order valence-corrected chi connectivity index (χ0v) is 21.8. The Morgan fingerprint density at radius 2 is 1.49 bits per heavy atom. The molecule has 0 unspecified atom stereocenters. The van der Waals surface area contributed by atoms with Crippen LogP contribution in [0.25, 0.3) is 0 Å². The third kappa shape index (κ3) is 7.17. The number of benzene rings is 2. The van der Waals surface area contributed by atoms with Crippen LogP contribution >= 0.6 is 0 Å². The van der Waals surface area contributed by atoms with E-state index in [1.165, 1.54) is 43.4 Å². The maximum Gasteiger partial charge on any atom is 0.259 e. The van der Waals surface area contributed by atoms with E-state index in [-0.39, 0.29) is 41.7 Å². The van der Waals surface area contributed by atoms with Gasteiger partial charge in [0.2, 0.25) is 11.8 Å². The lowest BCUT2D eigenvalue weighted by Crippen LogP contribution is -3.14. The van der Waals surface area contributed by atoms with Crippen LogP contribution in [0.5, 0.6) is 11.8 Å². The molecule has 6 nitrogen and oxygen atoms in total. The van der Waals surface area contributed by atoms with Crippen LogP contribution in [0.15, 0.2) is 60.7 Å². The molecule has 0 bridgehead atoms. The predicted octanol–water partition coefficient (Wildman–Crippen LogP) is 0.334. The average Bonchev–Trinajstić information content (AvgIpc) is 2.92. The number of carbonyl (C=O) groups excluding carboxylic acids is 1. The van der Waals surface area contributed by atoms with E-state index in [0.29, 0.717) is 24.5 Å². The molecule has 1 aromatic heterocycles. The van der Waals surface area contributed by atoms with Gasteiger partial charge in [0.15, 0.2) is 0 Å². The molecule has 1 aliphatic heterocycles. The van der Waals surface area contributed by atoms with Gasteiger partial charge in [-0.1, -0.05) is 24.3 Å². The molecular formula is C28H32ClF2N3O3. The van der Waals surface area contributed by atoms with Gasteiger partial charge in [0, 0.05) is 12.0 Å². The molecule has 3 aromatic rings. The standard InChI is InChI=1S/C28H31F2N3O3.ClH/c1-35-26-14-13-25(27(31-26)36-2)28(34)33-18-16-32(17-19-33)15-3-4-24(20-5-9-22(29)10-6-20)21-7-11-23(30)12-8-21;/h5-14,24H,3-4,15-19H2,1-2H3;1H. The fourth-order valence-corrected chi connectivity index (χ4v) is 4.77. The second kappa shape index (κ2) is 13.4. The van der Waals surface area contributed by atoms with Crippen LogP contribution in [0.4, 0.5) is 8.78 Å². The summed E-state index contributed by atoms with van der Waals surface area (Å²) in [5, 5.41) is 0. The molecule has 1 N–H and O–H groups in total. The molecule has 1 fully saturated rings. The van der Waals surface area contributed by atoms with E-state index in [1.54, 1.807) is 12.1 Å². The van der Waals surface area contributed by atoms with Crippen LogP contribution < -0.4 is 26.8 Å². The number of ether oxygens (including phenoxy) is 2. The molecule has 0 saturated carbocycles. The van der Waals surface area contributed by atoms with Crippen molar-refractivity contribution in [3.63, 3.8) is 0 Å². The molecule has 4 rings (SSSR count). The Hall–Kier alpha value is -3.23. The summed E-state index contributed by atoms with van der Waals surface area (Å²) in [5.41, 5.74) is 2.48. The minimum Gasteiger partial charge on any atom is -1.00 e. The van der Waals surface area contributed by atoms with Gasteiger partial charge in [-0.2, -0.15) is 4.98 Å². The van der Waals surface area contributed by atoms with Gasteiger partial charge in [-0.3, -0.25) is 4.79 Å². The van der Waals surface area contributed by atoms with Crippen LogP contribution in [0, 0.1) is 11.6 Å². The summed E-state index contributed by atoms with van der Waals surface area (Å²) in [6.07, 6.45) is 1.83. The van der Waals surface area contributed by atoms with Crippen LogP contribution in [0.1, 0.15) is 40.2 Å². The Labute approximate surface area is 222 Å². The lowest BCUT2D eigenvalue weighted by molar-refractivity contribution is -0.904. The van der Waals surface area contributed by atoms with E-state index in [9.17, 15) is 13.6 Å². The number of quaternary nitrogens is 1. The van der Waals surface area contributed by atoms with Crippen molar-refractivity contribution in [1.29, 1.82) is 0 Å². The van der Waals surface area contributed by atoms with Gasteiger partial charge in [0.25, 0.3) is 5.91 Å². The lowest BCUT2D eigenvalue weighted by atomic mass is 9.87. The quantitative estimate of drug-likeness (QED) is 0.433. The number of amides is 1. The molecule has 1 aliphatic rings. The number of nitrogens with zero attached hydrogens (tertiary/aromatic N) is 2. The smallest absolute Gasteiger partial charge is 0.259 e. The highest BCUT2D eigenvalue weighted by molar-refractivity contribution is 5.96. The van der Waals surface area contributed by atoms with Crippen LogP contribution in [0.2, 0.25) is 0 Å². The maximum atomic E-state index is 13.5. The Morgan fingerprint density at radius 1 is 0.919 bits per heavy atom. The monoisotopic (exact) mass is 531 g/mol. The van der Waals surface area contributed by atoms with E-state index in [1.807, 2.05) is 29.2 Å². The van der Waals surface area contributed by atoms with Crippen molar-refractivity contribution >= 4 is 5.91 Å². The van der Waals surface area contributed by atoms with Gasteiger partial charge in [0.05, 0.1) is 46.9 Å². The summed E-state index contributed by atoms with van der Waals surface area (Å²) in [5.74, 6) is 0.115. The van der Waals surface area contributed by atoms with Gasteiger partial charge < -0.3 is 31.7 Å². The first-order valence-electron chi connectivity index (χ1n) is 12.2. The number of pyridine rings is 1. The second-order valence-electron chi connectivity index (χ2n) is 9.00. The highest BCUT2D eigenvalue weighted by atomic mass is 35.5. The molecule has 9 heteroatoms. The fourth-order valence-electron chi connectivity index (χ4n) is 4.77. The minimum absolute atomic E-state index is 0. The molecule has 2 heterocycles. The van der Waals surface area contributed by atoms with Crippen molar-refractivity contribution in [1.82, 2.24) is 9.88 Å². The van der Waals surface area contributed by atoms with Gasteiger partial charge in [-0.25, -0.2) is 8.78 Å². The molecule has 37 heavy (non-hydrogen) atoms. The molecule has 0 atom stereocenters. The number of hydrogen-bond acceptors (Lipinski definition) is 4. The molecule has 0 radical (unpaired) electrons. The SMILES string of the molecule is COc1ccc(C(=O)N2CC[NH+](CCCC(c3ccc(F)cc3)c3ccc(F)cc3)CC2)c(OC)n1.[Cl-]. The van der Waals surface area contributed by atoms with Gasteiger partial charge in [-0.05, 0) is 54.3 Å². The second-order valence-corrected chi connectivity index (χ2v) is 9.00. The topological polar surface area (TPSA) is 56.1 Å². The van der Waals surface area contributed by atoms with Crippen molar-refractivity contribution in [2.45, 2.75) is 18.8 Å². The summed E-state index contributed by atoms with van der Waals surface area (Å²) >= 11 is 0. The van der Waals surface area contributed by atoms with E-state index >= 15 is 0 Å². The maximum absolute atomic E-state index is 13.5. The van der Waals surface area contributed by atoms with Crippen molar-refractivity contribution in [2.24, 2.45) is 0 Å². The Morgan fingerprint density at radius 3 is 2.00 bits per heavy atom. The molecule has 0 spiro atoms. The summed E-state index contributed by atoms with van der Waals surface area (Å²) in [6, 6.07) is 16.5. The van der Waals surface area contributed by atoms with Crippen LogP contribution in [-0.2, 0) is 0 Å². The summed E-state index contributed by atoms with van der Waals surface area (Å²) in [6.45, 7) is 3.99. The molecular weight excluding hydrogens is 500 g/mol. The van der Waals surface area contributed by atoms with E-state index in [4.69, 9.17) is 9.47 Å². The first-order valence-corrected chi connectivity index (χ1v) is 12.2. The number of piperazine rings is 1. The zero-order chi connectivity index (χ0) is 25.5. The molecule has 0 aliphatic carbocycles. The molecule has 1 amide bonds. The van der Waals surface area contributed by atoms with Crippen molar-refractivity contribution in [3.05, 3.63) is 89.0 Å². The van der Waals surface area contributed by atoms with E-state index < -0.39 is 0 Å². The number of rotatable bonds is 9. The third-order valence-electron chi connectivity index (χ3n) is 6.79. The number of halogens is 3. The Balaban J connectivity index is 0.00000380. The first-order chi connectivity index (χ1) is 17.5. The van der Waals surface area contributed by atoms with E-state index in [0.717, 1.165) is 43.6 Å². The first kappa shape index (κ1) is 28.3. The number of hydrogen-bond donors (Lipinski definition) is 1. The average molecular weight is 532 g/mol. The fraction of sp³-hybridized carbons (Fsp3) is 0.357. The van der Waals surface area contributed by atoms with Crippen molar-refractivity contribution in [2.75, 3.05) is 46.9 Å². The van der Waals surface area contributed by atoms with Gasteiger partial charge in [-0.15, -0.1) is 0 Å². The largest absolute Gasteiger partial charge is 1.00 e. The normalized spacial score (nSPS) is 13.8. The summed E-state index contributed by atoms with van der Waals surface area (Å²) < 4.78 is 37.4. The van der Waals surface area contributed by atoms with Crippen LogP contribution in [-0.4, -0.2) is 62.7 Å². The molecule has 198 valence electrons. The number of methoxy groups -OCH3 is 2. The molecule has 1 saturated heterocycles. The van der Waals surface area contributed by atoms with Crippen molar-refractivity contribution in [3.8, 4) is 11.8 Å². The number of aromatic nitrogens is 1. The highest BCUT2D eigenvalue weighted by Gasteiger charge is 2.27. The van der Waals surface area contributed by atoms with Gasteiger partial charge in [0.1, 0.15) is 17.2 Å². The van der Waals surface area contributed by atoms with Crippen molar-refractivity contribution < 1.29 is 40.4 Å². The predicted molar refractivity (Wildman–Crippen MR) is 133 cm³/mol. The Bertz CT molecular complexity index is 1110. The minimum atomic E-state index is -0.267. The van der Waals surface area contributed by atoms with Gasteiger partial charge >= 0.3 is 0 Å². The highest BCUT2D eigenvalue weighted by Crippen LogP contribution is 2.29. The molecule has 2 aromatic carbocycles. The lowest BCUT2D eigenvalue weighted by Gasteiger charge is -2.32. The number of carbonyl (C=O) groups is 1. The number of nitrogens with one attached hydrogen (secondary N) is 1.